The van der Waals surface area contributed by atoms with Crippen molar-refractivity contribution in [3.8, 4) is 0 Å². The van der Waals surface area contributed by atoms with Gasteiger partial charge in [-0.25, -0.2) is 0 Å². The molecule has 1 amide bonds. The van der Waals surface area contributed by atoms with Gasteiger partial charge in [-0.3, -0.25) is 9.89 Å². The van der Waals surface area contributed by atoms with Crippen LogP contribution in [0.3, 0.4) is 0 Å². The van der Waals surface area contributed by atoms with Gasteiger partial charge in [-0.2, -0.15) is 4.98 Å². The van der Waals surface area contributed by atoms with Crippen molar-refractivity contribution in [1.82, 2.24) is 25.4 Å². The van der Waals surface area contributed by atoms with Crippen molar-refractivity contribution in [1.29, 1.82) is 0 Å². The van der Waals surface area contributed by atoms with Crippen LogP contribution in [0.4, 0.5) is 5.95 Å². The van der Waals surface area contributed by atoms with Crippen LogP contribution in [0.15, 0.2) is 0 Å². The van der Waals surface area contributed by atoms with E-state index in [0.29, 0.717) is 6.54 Å². The van der Waals surface area contributed by atoms with Gasteiger partial charge < -0.3 is 16.0 Å². The quantitative estimate of drug-likeness (QED) is 0.731. The number of nitrogens with one attached hydrogen (secondary N) is 2. The van der Waals surface area contributed by atoms with Gasteiger partial charge in [0.2, 0.25) is 11.8 Å². The fourth-order valence-corrected chi connectivity index (χ4v) is 2.70. The minimum Gasteiger partial charge on any atom is -0.366 e. The standard InChI is InChI=1S/C12H22N6O/c1-18(2)12(6-4-3-5-7-12)8-14-10(19)9-15-11(13)17-16-9/h3-8H2,1-2H3,(H,14,19)(H3,13,15,16,17). The second kappa shape index (κ2) is 5.56. The minimum atomic E-state index is -0.254. The van der Waals surface area contributed by atoms with Crippen molar-refractivity contribution in [2.45, 2.75) is 37.6 Å². The van der Waals surface area contributed by atoms with Gasteiger partial charge in [0.15, 0.2) is 0 Å². The lowest BCUT2D eigenvalue weighted by atomic mass is 9.80. The molecule has 1 heterocycles. The molecule has 106 valence electrons. The number of amides is 1. The lowest BCUT2D eigenvalue weighted by molar-refractivity contribution is 0.0792. The molecule has 1 aromatic heterocycles. The molecule has 1 aliphatic carbocycles. The average molecular weight is 266 g/mol. The van der Waals surface area contributed by atoms with E-state index in [1.54, 1.807) is 0 Å². The average Bonchev–Trinajstić information content (AvgIpc) is 2.83. The normalized spacial score (nSPS) is 18.5. The first-order chi connectivity index (χ1) is 9.03. The van der Waals surface area contributed by atoms with Crippen molar-refractivity contribution in [3.05, 3.63) is 5.82 Å². The van der Waals surface area contributed by atoms with E-state index in [2.05, 4.69) is 39.5 Å². The molecule has 0 aliphatic heterocycles. The summed E-state index contributed by atoms with van der Waals surface area (Å²) in [5, 5.41) is 9.11. The zero-order chi connectivity index (χ0) is 13.9. The van der Waals surface area contributed by atoms with Crippen LogP contribution in [-0.2, 0) is 0 Å². The number of rotatable bonds is 4. The molecule has 2 rings (SSSR count). The summed E-state index contributed by atoms with van der Waals surface area (Å²) < 4.78 is 0. The third kappa shape index (κ3) is 3.04. The summed E-state index contributed by atoms with van der Waals surface area (Å²) in [5.41, 5.74) is 5.44. The van der Waals surface area contributed by atoms with E-state index in [9.17, 15) is 4.79 Å². The third-order valence-corrected chi connectivity index (χ3v) is 4.03. The maximum Gasteiger partial charge on any atom is 0.288 e. The SMILES string of the molecule is CN(C)C1(CNC(=O)c2nc(N)n[nH]2)CCCCC1. The van der Waals surface area contributed by atoms with Crippen molar-refractivity contribution in [3.63, 3.8) is 0 Å². The molecule has 1 fully saturated rings. The summed E-state index contributed by atoms with van der Waals surface area (Å²) in [5.74, 6) is 0.00310. The number of aromatic amines is 1. The van der Waals surface area contributed by atoms with Crippen molar-refractivity contribution in [2.75, 3.05) is 26.4 Å². The monoisotopic (exact) mass is 266 g/mol. The maximum absolute atomic E-state index is 11.9. The van der Waals surface area contributed by atoms with Gasteiger partial charge in [0.1, 0.15) is 0 Å². The van der Waals surface area contributed by atoms with Crippen LogP contribution in [-0.4, -0.2) is 52.2 Å². The number of carbonyl (C=O) groups excluding carboxylic acids is 1. The van der Waals surface area contributed by atoms with Crippen molar-refractivity contribution >= 4 is 11.9 Å². The number of hydrogen-bond donors (Lipinski definition) is 3. The minimum absolute atomic E-state index is 0.0550. The lowest BCUT2D eigenvalue weighted by Gasteiger charge is -2.43. The van der Waals surface area contributed by atoms with Crippen LogP contribution in [0.1, 0.15) is 42.7 Å². The zero-order valence-corrected chi connectivity index (χ0v) is 11.6. The summed E-state index contributed by atoms with van der Waals surface area (Å²) in [6.45, 7) is 0.624. The Kier molecular flexibility index (Phi) is 4.04. The molecule has 0 atom stereocenters. The van der Waals surface area contributed by atoms with E-state index in [4.69, 9.17) is 5.73 Å². The molecule has 0 aromatic carbocycles. The number of carbonyl (C=O) groups is 1. The molecule has 7 nitrogen and oxygen atoms in total. The van der Waals surface area contributed by atoms with Gasteiger partial charge in [0.05, 0.1) is 0 Å². The Morgan fingerprint density at radius 1 is 1.42 bits per heavy atom. The molecule has 1 aromatic rings. The molecule has 0 saturated heterocycles. The van der Waals surface area contributed by atoms with Crippen LogP contribution in [0.2, 0.25) is 0 Å². The second-order valence-corrected chi connectivity index (χ2v) is 5.40. The van der Waals surface area contributed by atoms with E-state index in [0.717, 1.165) is 12.8 Å². The lowest BCUT2D eigenvalue weighted by Crippen LogP contribution is -2.53. The highest BCUT2D eigenvalue weighted by molar-refractivity contribution is 5.90. The number of aromatic nitrogens is 3. The van der Waals surface area contributed by atoms with E-state index in [1.165, 1.54) is 19.3 Å². The fraction of sp³-hybridized carbons (Fsp3) is 0.750. The van der Waals surface area contributed by atoms with Crippen LogP contribution >= 0.6 is 0 Å². The highest BCUT2D eigenvalue weighted by atomic mass is 16.2. The van der Waals surface area contributed by atoms with Crippen LogP contribution < -0.4 is 11.1 Å². The summed E-state index contributed by atoms with van der Waals surface area (Å²) in [6.07, 6.45) is 5.92. The van der Waals surface area contributed by atoms with Gasteiger partial charge in [0.25, 0.3) is 5.91 Å². The summed E-state index contributed by atoms with van der Waals surface area (Å²) in [7, 11) is 4.15. The first kappa shape index (κ1) is 13.8. The molecule has 19 heavy (non-hydrogen) atoms. The van der Waals surface area contributed by atoms with Crippen molar-refractivity contribution in [2.24, 2.45) is 0 Å². The molecule has 4 N–H and O–H groups in total. The predicted octanol–water partition coefficient (Wildman–Crippen LogP) is 0.381. The molecule has 0 bridgehead atoms. The van der Waals surface area contributed by atoms with E-state index < -0.39 is 0 Å². The number of nitrogen functional groups attached to an aromatic ring is 1. The second-order valence-electron chi connectivity index (χ2n) is 5.40. The number of nitrogens with two attached hydrogens (primary N) is 1. The highest BCUT2D eigenvalue weighted by Gasteiger charge is 2.34. The third-order valence-electron chi connectivity index (χ3n) is 4.03. The van der Waals surface area contributed by atoms with Gasteiger partial charge in [-0.1, -0.05) is 19.3 Å². The van der Waals surface area contributed by atoms with E-state index in [1.807, 2.05) is 0 Å². The molecule has 0 unspecified atom stereocenters. The molecule has 1 aliphatic rings. The summed E-state index contributed by atoms with van der Waals surface area (Å²) >= 11 is 0. The van der Waals surface area contributed by atoms with Gasteiger partial charge in [-0.05, 0) is 26.9 Å². The smallest absolute Gasteiger partial charge is 0.288 e. The van der Waals surface area contributed by atoms with Gasteiger partial charge in [0, 0.05) is 12.1 Å². The number of anilines is 1. The largest absolute Gasteiger partial charge is 0.366 e. The number of hydrogen-bond acceptors (Lipinski definition) is 5. The van der Waals surface area contributed by atoms with Gasteiger partial charge >= 0.3 is 0 Å². The first-order valence-electron chi connectivity index (χ1n) is 6.67. The Balaban J connectivity index is 1.97. The summed E-state index contributed by atoms with van der Waals surface area (Å²) in [6, 6.07) is 0. The summed E-state index contributed by atoms with van der Waals surface area (Å²) in [4.78, 5) is 18.0. The molecular formula is C12H22N6O. The topological polar surface area (TPSA) is 99.9 Å². The van der Waals surface area contributed by atoms with Crippen LogP contribution in [0.5, 0.6) is 0 Å². The molecule has 0 radical (unpaired) electrons. The highest BCUT2D eigenvalue weighted by Crippen LogP contribution is 2.31. The molecule has 1 saturated carbocycles. The van der Waals surface area contributed by atoms with Gasteiger partial charge in [-0.15, -0.1) is 5.10 Å². The maximum atomic E-state index is 11.9. The molecule has 0 spiro atoms. The molecule has 7 heteroatoms. The number of nitrogens with zero attached hydrogens (tertiary/aromatic N) is 3. The Morgan fingerprint density at radius 3 is 2.63 bits per heavy atom. The Bertz CT molecular complexity index is 435. The zero-order valence-electron chi connectivity index (χ0n) is 11.6. The van der Waals surface area contributed by atoms with Crippen LogP contribution in [0, 0.1) is 0 Å². The van der Waals surface area contributed by atoms with Crippen LogP contribution in [0.25, 0.3) is 0 Å². The fourth-order valence-electron chi connectivity index (χ4n) is 2.70. The predicted molar refractivity (Wildman–Crippen MR) is 72.6 cm³/mol. The Labute approximate surface area is 113 Å². The van der Waals surface area contributed by atoms with E-state index >= 15 is 0 Å². The Morgan fingerprint density at radius 2 is 2.11 bits per heavy atom. The number of H-pyrrole nitrogens is 1. The number of likely N-dealkylation sites (N-methyl/N-ethyl adjacent to an activating group) is 1. The molecular weight excluding hydrogens is 244 g/mol. The Hall–Kier alpha value is -1.63. The van der Waals surface area contributed by atoms with Crippen molar-refractivity contribution < 1.29 is 4.79 Å². The van der Waals surface area contributed by atoms with E-state index in [-0.39, 0.29) is 23.2 Å². The first-order valence-corrected chi connectivity index (χ1v) is 6.67.